The van der Waals surface area contributed by atoms with Crippen LogP contribution in [0.25, 0.3) is 0 Å². The van der Waals surface area contributed by atoms with Gasteiger partial charge < -0.3 is 0 Å². The zero-order chi connectivity index (χ0) is 11.8. The lowest BCUT2D eigenvalue weighted by Crippen LogP contribution is -2.17. The Hall–Kier alpha value is -0.490. The van der Waals surface area contributed by atoms with E-state index in [2.05, 4.69) is 32.9 Å². The van der Waals surface area contributed by atoms with Crippen LogP contribution in [0.4, 0.5) is 0 Å². The standard InChI is InChI=1S/C15H21Cl/c1-15(2,3)13-7-4-12(10-13)11-5-8-14(16)9-6-11/h5-6,8-9,12-13H,4,7,10H2,1-3H3. The van der Waals surface area contributed by atoms with Crippen LogP contribution in [0.15, 0.2) is 24.3 Å². The van der Waals surface area contributed by atoms with E-state index in [1.165, 1.54) is 24.8 Å². The van der Waals surface area contributed by atoms with Crippen LogP contribution in [0.1, 0.15) is 51.5 Å². The Morgan fingerprint density at radius 1 is 1.06 bits per heavy atom. The Morgan fingerprint density at radius 2 is 1.69 bits per heavy atom. The summed E-state index contributed by atoms with van der Waals surface area (Å²) < 4.78 is 0. The third-order valence-electron chi connectivity index (χ3n) is 4.00. The molecule has 2 rings (SSSR count). The molecule has 88 valence electrons. The van der Waals surface area contributed by atoms with Gasteiger partial charge in [-0.2, -0.15) is 0 Å². The molecule has 2 unspecified atom stereocenters. The Labute approximate surface area is 104 Å². The van der Waals surface area contributed by atoms with Crippen LogP contribution >= 0.6 is 11.6 Å². The molecule has 1 heteroatoms. The predicted octanol–water partition coefficient (Wildman–Crippen LogP) is 5.27. The van der Waals surface area contributed by atoms with E-state index >= 15 is 0 Å². The zero-order valence-electron chi connectivity index (χ0n) is 10.5. The van der Waals surface area contributed by atoms with Crippen LogP contribution in [0.3, 0.4) is 0 Å². The van der Waals surface area contributed by atoms with Crippen molar-refractivity contribution >= 4 is 11.6 Å². The van der Waals surface area contributed by atoms with Gasteiger partial charge in [0.05, 0.1) is 0 Å². The molecule has 1 aromatic carbocycles. The molecule has 1 aliphatic carbocycles. The number of halogens is 1. The molecule has 1 saturated carbocycles. The van der Waals surface area contributed by atoms with Gasteiger partial charge in [0, 0.05) is 5.02 Å². The van der Waals surface area contributed by atoms with Crippen LogP contribution in [0.5, 0.6) is 0 Å². The fourth-order valence-corrected chi connectivity index (χ4v) is 2.93. The van der Waals surface area contributed by atoms with Gasteiger partial charge in [-0.25, -0.2) is 0 Å². The average Bonchev–Trinajstić information content (AvgIpc) is 2.67. The van der Waals surface area contributed by atoms with Gasteiger partial charge in [-0.1, -0.05) is 44.5 Å². The number of hydrogen-bond donors (Lipinski definition) is 0. The van der Waals surface area contributed by atoms with Crippen LogP contribution in [0.2, 0.25) is 5.02 Å². The molecule has 0 aromatic heterocycles. The first-order valence-corrected chi connectivity index (χ1v) is 6.60. The van der Waals surface area contributed by atoms with Gasteiger partial charge in [-0.15, -0.1) is 0 Å². The molecule has 0 bridgehead atoms. The fourth-order valence-electron chi connectivity index (χ4n) is 2.81. The summed E-state index contributed by atoms with van der Waals surface area (Å²) in [7, 11) is 0. The van der Waals surface area contributed by atoms with Crippen LogP contribution in [-0.2, 0) is 0 Å². The first-order chi connectivity index (χ1) is 7.47. The normalized spacial score (nSPS) is 26.0. The highest BCUT2D eigenvalue weighted by Gasteiger charge is 2.33. The molecule has 1 fully saturated rings. The molecule has 2 atom stereocenters. The molecule has 0 aliphatic heterocycles. The summed E-state index contributed by atoms with van der Waals surface area (Å²) >= 11 is 5.92. The second-order valence-corrected chi connectivity index (χ2v) is 6.56. The van der Waals surface area contributed by atoms with Crippen molar-refractivity contribution in [1.82, 2.24) is 0 Å². The molecule has 0 nitrogen and oxygen atoms in total. The van der Waals surface area contributed by atoms with Gasteiger partial charge in [-0.3, -0.25) is 0 Å². The first-order valence-electron chi connectivity index (χ1n) is 6.22. The van der Waals surface area contributed by atoms with Gasteiger partial charge in [0.15, 0.2) is 0 Å². The third kappa shape index (κ3) is 2.60. The number of rotatable bonds is 1. The van der Waals surface area contributed by atoms with Crippen molar-refractivity contribution in [2.75, 3.05) is 0 Å². The van der Waals surface area contributed by atoms with E-state index in [0.29, 0.717) is 5.41 Å². The van der Waals surface area contributed by atoms with E-state index in [9.17, 15) is 0 Å². The number of hydrogen-bond acceptors (Lipinski definition) is 0. The van der Waals surface area contributed by atoms with Crippen LogP contribution in [-0.4, -0.2) is 0 Å². The van der Waals surface area contributed by atoms with Crippen molar-refractivity contribution in [1.29, 1.82) is 0 Å². The zero-order valence-corrected chi connectivity index (χ0v) is 11.2. The van der Waals surface area contributed by atoms with Crippen LogP contribution < -0.4 is 0 Å². The van der Waals surface area contributed by atoms with Crippen molar-refractivity contribution in [3.8, 4) is 0 Å². The SMILES string of the molecule is CC(C)(C)C1CCC(c2ccc(Cl)cc2)C1. The maximum absolute atomic E-state index is 5.92. The summed E-state index contributed by atoms with van der Waals surface area (Å²) in [6, 6.07) is 8.42. The summed E-state index contributed by atoms with van der Waals surface area (Å²) in [5.74, 6) is 1.62. The lowest BCUT2D eigenvalue weighted by molar-refractivity contribution is 0.244. The minimum absolute atomic E-state index is 0.459. The van der Waals surface area contributed by atoms with Crippen LogP contribution in [0, 0.1) is 11.3 Å². The minimum atomic E-state index is 0.459. The fraction of sp³-hybridized carbons (Fsp3) is 0.600. The molecule has 0 spiro atoms. The van der Waals surface area contributed by atoms with Crippen molar-refractivity contribution < 1.29 is 0 Å². The largest absolute Gasteiger partial charge is 0.0843 e. The maximum Gasteiger partial charge on any atom is 0.0406 e. The molecule has 0 radical (unpaired) electrons. The summed E-state index contributed by atoms with van der Waals surface area (Å²) in [5.41, 5.74) is 1.93. The summed E-state index contributed by atoms with van der Waals surface area (Å²) in [6.07, 6.45) is 4.05. The maximum atomic E-state index is 5.92. The summed E-state index contributed by atoms with van der Waals surface area (Å²) in [6.45, 7) is 7.09. The van der Waals surface area contributed by atoms with Crippen molar-refractivity contribution in [3.63, 3.8) is 0 Å². The molecule has 0 N–H and O–H groups in total. The molecule has 0 saturated heterocycles. The second kappa shape index (κ2) is 4.41. The van der Waals surface area contributed by atoms with Gasteiger partial charge in [0.25, 0.3) is 0 Å². The number of benzene rings is 1. The van der Waals surface area contributed by atoms with E-state index in [4.69, 9.17) is 11.6 Å². The Balaban J connectivity index is 2.06. The average molecular weight is 237 g/mol. The topological polar surface area (TPSA) is 0 Å². The molecule has 0 heterocycles. The van der Waals surface area contributed by atoms with Crippen molar-refractivity contribution in [2.45, 2.75) is 46.0 Å². The molecular weight excluding hydrogens is 216 g/mol. The monoisotopic (exact) mass is 236 g/mol. The Bertz CT molecular complexity index is 345. The Kier molecular flexibility index (Phi) is 3.30. The first kappa shape index (κ1) is 12.0. The third-order valence-corrected chi connectivity index (χ3v) is 4.25. The van der Waals surface area contributed by atoms with E-state index in [1.807, 2.05) is 12.1 Å². The molecule has 1 aromatic rings. The van der Waals surface area contributed by atoms with Crippen molar-refractivity contribution in [2.24, 2.45) is 11.3 Å². The molecule has 16 heavy (non-hydrogen) atoms. The van der Waals surface area contributed by atoms with Gasteiger partial charge in [0.2, 0.25) is 0 Å². The molecule has 1 aliphatic rings. The van der Waals surface area contributed by atoms with E-state index in [1.54, 1.807) is 0 Å². The van der Waals surface area contributed by atoms with E-state index < -0.39 is 0 Å². The lowest BCUT2D eigenvalue weighted by Gasteiger charge is -2.27. The van der Waals surface area contributed by atoms with Crippen molar-refractivity contribution in [3.05, 3.63) is 34.9 Å². The second-order valence-electron chi connectivity index (χ2n) is 6.12. The van der Waals surface area contributed by atoms with E-state index in [-0.39, 0.29) is 0 Å². The highest BCUT2D eigenvalue weighted by atomic mass is 35.5. The Morgan fingerprint density at radius 3 is 2.19 bits per heavy atom. The molecule has 0 amide bonds. The van der Waals surface area contributed by atoms with E-state index in [0.717, 1.165) is 16.9 Å². The quantitative estimate of drug-likeness (QED) is 0.623. The predicted molar refractivity (Wildman–Crippen MR) is 71.0 cm³/mol. The highest BCUT2D eigenvalue weighted by Crippen LogP contribution is 2.46. The van der Waals surface area contributed by atoms with Gasteiger partial charge in [-0.05, 0) is 54.2 Å². The van der Waals surface area contributed by atoms with Gasteiger partial charge >= 0.3 is 0 Å². The lowest BCUT2D eigenvalue weighted by atomic mass is 9.79. The summed E-state index contributed by atoms with van der Waals surface area (Å²) in [4.78, 5) is 0. The summed E-state index contributed by atoms with van der Waals surface area (Å²) in [5, 5.41) is 0.842. The highest BCUT2D eigenvalue weighted by molar-refractivity contribution is 6.30. The minimum Gasteiger partial charge on any atom is -0.0843 e. The smallest absolute Gasteiger partial charge is 0.0406 e. The molecular formula is C15H21Cl. The van der Waals surface area contributed by atoms with Gasteiger partial charge in [0.1, 0.15) is 0 Å².